The van der Waals surface area contributed by atoms with Crippen LogP contribution in [-0.4, -0.2) is 75.2 Å². The van der Waals surface area contributed by atoms with E-state index in [2.05, 4.69) is 28.1 Å². The summed E-state index contributed by atoms with van der Waals surface area (Å²) < 4.78 is 6.00. The summed E-state index contributed by atoms with van der Waals surface area (Å²) >= 11 is 0. The molecule has 0 bridgehead atoms. The van der Waals surface area contributed by atoms with Crippen molar-refractivity contribution < 1.29 is 29.3 Å². The largest absolute Gasteiger partial charge is 0.474 e. The third kappa shape index (κ3) is 7.25. The summed E-state index contributed by atoms with van der Waals surface area (Å²) in [7, 11) is 0. The summed E-state index contributed by atoms with van der Waals surface area (Å²) in [6.45, 7) is 3.88. The van der Waals surface area contributed by atoms with Gasteiger partial charge < -0.3 is 19.8 Å². The fraction of sp³-hybridized carbons (Fsp3) is 0.519. The number of carboxylic acid groups (broad SMARTS) is 2. The molecule has 1 amide bonds. The number of carbonyl (C=O) groups excluding carboxylic acids is 1. The number of amides is 1. The first-order valence-corrected chi connectivity index (χ1v) is 13.0. The van der Waals surface area contributed by atoms with Crippen molar-refractivity contribution in [2.45, 2.75) is 63.4 Å². The maximum absolute atomic E-state index is 12.4. The van der Waals surface area contributed by atoms with Crippen LogP contribution < -0.4 is 9.64 Å². The lowest BCUT2D eigenvalue weighted by atomic mass is 9.96. The second-order valence-corrected chi connectivity index (χ2v) is 9.71. The lowest BCUT2D eigenvalue weighted by Crippen LogP contribution is -2.36. The molecular weight excluding hydrogens is 476 g/mol. The van der Waals surface area contributed by atoms with Crippen LogP contribution in [0.5, 0.6) is 5.88 Å². The lowest BCUT2D eigenvalue weighted by molar-refractivity contribution is -0.159. The van der Waals surface area contributed by atoms with Gasteiger partial charge in [-0.15, -0.1) is 0 Å². The Morgan fingerprint density at radius 3 is 2.51 bits per heavy atom. The minimum atomic E-state index is -1.82. The Balaban J connectivity index is 0.000000480. The highest BCUT2D eigenvalue weighted by Crippen LogP contribution is 2.30. The van der Waals surface area contributed by atoms with E-state index in [-0.39, 0.29) is 5.91 Å². The van der Waals surface area contributed by atoms with Crippen LogP contribution >= 0.6 is 0 Å². The number of ether oxygens (including phenoxy) is 1. The van der Waals surface area contributed by atoms with Crippen LogP contribution in [0.15, 0.2) is 36.5 Å². The van der Waals surface area contributed by atoms with Gasteiger partial charge in [0.25, 0.3) is 0 Å². The molecule has 2 saturated heterocycles. The van der Waals surface area contributed by atoms with Gasteiger partial charge in [-0.25, -0.2) is 19.6 Å². The molecule has 1 unspecified atom stereocenters. The number of anilines is 1. The third-order valence-electron chi connectivity index (χ3n) is 7.10. The first-order valence-electron chi connectivity index (χ1n) is 13.0. The van der Waals surface area contributed by atoms with Crippen LogP contribution in [0.3, 0.4) is 0 Å². The van der Waals surface area contributed by atoms with Gasteiger partial charge in [-0.1, -0.05) is 12.1 Å². The standard InChI is InChI=1S/C25H32N4O2.C2H2O4/c30-24-11-1-2-15-29(24)25-19(6-5-14-26-25)12-16-28-17-13-20(18-28)22-9-4-10-23(27-22)31-21-7-3-8-21;3-1(4)2(5)6/h4-6,9-10,14,20-21H,1-3,7-8,11-13,15-18H2;(H,3,4)(H,5,6). The average molecular weight is 511 g/mol. The van der Waals surface area contributed by atoms with Gasteiger partial charge in [0.2, 0.25) is 11.8 Å². The fourth-order valence-electron chi connectivity index (χ4n) is 4.84. The summed E-state index contributed by atoms with van der Waals surface area (Å²) in [5.74, 6) is -1.33. The molecule has 3 fully saturated rings. The molecule has 2 aromatic rings. The molecule has 5 rings (SSSR count). The number of carboxylic acids is 2. The molecule has 2 aliphatic heterocycles. The van der Waals surface area contributed by atoms with Crippen molar-refractivity contribution in [3.63, 3.8) is 0 Å². The molecule has 3 aliphatic rings. The van der Waals surface area contributed by atoms with Crippen molar-refractivity contribution >= 4 is 23.7 Å². The van der Waals surface area contributed by atoms with E-state index in [0.717, 1.165) is 82.1 Å². The zero-order valence-electron chi connectivity index (χ0n) is 20.9. The van der Waals surface area contributed by atoms with E-state index in [1.165, 1.54) is 12.0 Å². The normalized spacial score (nSPS) is 20.1. The summed E-state index contributed by atoms with van der Waals surface area (Å²) in [6, 6.07) is 10.3. The maximum Gasteiger partial charge on any atom is 0.414 e. The van der Waals surface area contributed by atoms with E-state index >= 15 is 0 Å². The number of pyridine rings is 2. The molecule has 1 saturated carbocycles. The molecule has 4 heterocycles. The predicted molar refractivity (Wildman–Crippen MR) is 136 cm³/mol. The van der Waals surface area contributed by atoms with Gasteiger partial charge in [0.1, 0.15) is 11.9 Å². The van der Waals surface area contributed by atoms with Gasteiger partial charge in [-0.2, -0.15) is 0 Å². The highest BCUT2D eigenvalue weighted by molar-refractivity contribution is 6.27. The number of rotatable bonds is 7. The van der Waals surface area contributed by atoms with Crippen molar-refractivity contribution in [1.29, 1.82) is 0 Å². The second kappa shape index (κ2) is 12.6. The smallest absolute Gasteiger partial charge is 0.414 e. The van der Waals surface area contributed by atoms with Gasteiger partial charge in [-0.05, 0) is 69.2 Å². The summed E-state index contributed by atoms with van der Waals surface area (Å²) in [6.07, 6.45) is 10.5. The minimum Gasteiger partial charge on any atom is -0.474 e. The molecule has 10 nitrogen and oxygen atoms in total. The van der Waals surface area contributed by atoms with Crippen molar-refractivity contribution in [3.8, 4) is 5.88 Å². The molecule has 2 aromatic heterocycles. The molecule has 0 aromatic carbocycles. The molecule has 1 atom stereocenters. The zero-order chi connectivity index (χ0) is 26.2. The summed E-state index contributed by atoms with van der Waals surface area (Å²) in [5, 5.41) is 14.8. The Labute approximate surface area is 216 Å². The van der Waals surface area contributed by atoms with Gasteiger partial charge in [0.05, 0.1) is 0 Å². The number of aliphatic carboxylic acids is 2. The quantitative estimate of drug-likeness (QED) is 0.539. The molecule has 198 valence electrons. The zero-order valence-corrected chi connectivity index (χ0v) is 20.9. The number of hydrogen-bond acceptors (Lipinski definition) is 7. The highest BCUT2D eigenvalue weighted by Gasteiger charge is 2.27. The number of nitrogens with zero attached hydrogens (tertiary/aromatic N) is 4. The van der Waals surface area contributed by atoms with Crippen molar-refractivity contribution in [2.75, 3.05) is 31.1 Å². The van der Waals surface area contributed by atoms with Crippen molar-refractivity contribution in [3.05, 3.63) is 47.8 Å². The van der Waals surface area contributed by atoms with E-state index in [4.69, 9.17) is 29.5 Å². The number of likely N-dealkylation sites (tertiary alicyclic amines) is 1. The van der Waals surface area contributed by atoms with Crippen LogP contribution in [0.2, 0.25) is 0 Å². The van der Waals surface area contributed by atoms with Crippen molar-refractivity contribution in [1.82, 2.24) is 14.9 Å². The Morgan fingerprint density at radius 2 is 1.81 bits per heavy atom. The predicted octanol–water partition coefficient (Wildman–Crippen LogP) is 3.11. The number of aromatic nitrogens is 2. The molecule has 1 aliphatic carbocycles. The Kier molecular flexibility index (Phi) is 9.05. The first kappa shape index (κ1) is 26.5. The maximum atomic E-state index is 12.4. The van der Waals surface area contributed by atoms with Gasteiger partial charge in [0.15, 0.2) is 0 Å². The monoisotopic (exact) mass is 510 g/mol. The van der Waals surface area contributed by atoms with E-state index in [0.29, 0.717) is 18.4 Å². The van der Waals surface area contributed by atoms with Crippen LogP contribution in [0, 0.1) is 0 Å². The van der Waals surface area contributed by atoms with Crippen LogP contribution in [0.1, 0.15) is 62.1 Å². The Bertz CT molecular complexity index is 1090. The Hall–Kier alpha value is -3.53. The summed E-state index contributed by atoms with van der Waals surface area (Å²) in [4.78, 5) is 44.4. The van der Waals surface area contributed by atoms with E-state index < -0.39 is 11.9 Å². The Morgan fingerprint density at radius 1 is 1.00 bits per heavy atom. The SMILES string of the molecule is O=C(O)C(=O)O.O=C1CCCCN1c1ncccc1CCN1CCC(c2cccc(OC3CCC3)n2)C1. The fourth-order valence-corrected chi connectivity index (χ4v) is 4.84. The first-order chi connectivity index (χ1) is 17.9. The lowest BCUT2D eigenvalue weighted by Gasteiger charge is -2.28. The highest BCUT2D eigenvalue weighted by atomic mass is 16.5. The number of piperidine rings is 1. The van der Waals surface area contributed by atoms with Gasteiger partial charge in [-0.3, -0.25) is 9.69 Å². The van der Waals surface area contributed by atoms with E-state index in [1.54, 1.807) is 6.20 Å². The van der Waals surface area contributed by atoms with Gasteiger partial charge in [0, 0.05) is 49.9 Å². The van der Waals surface area contributed by atoms with Crippen molar-refractivity contribution in [2.24, 2.45) is 0 Å². The molecule has 37 heavy (non-hydrogen) atoms. The molecule has 10 heteroatoms. The van der Waals surface area contributed by atoms with Gasteiger partial charge >= 0.3 is 11.9 Å². The minimum absolute atomic E-state index is 0.211. The summed E-state index contributed by atoms with van der Waals surface area (Å²) in [5.41, 5.74) is 2.33. The van der Waals surface area contributed by atoms with E-state index in [1.807, 2.05) is 17.0 Å². The number of carbonyl (C=O) groups is 3. The molecule has 2 N–H and O–H groups in total. The average Bonchev–Trinajstić information content (AvgIpc) is 3.35. The van der Waals surface area contributed by atoms with E-state index in [9.17, 15) is 4.79 Å². The third-order valence-corrected chi connectivity index (χ3v) is 7.10. The molecule has 0 radical (unpaired) electrons. The molecular formula is C27H34N4O6. The van der Waals surface area contributed by atoms with Crippen LogP contribution in [-0.2, 0) is 20.8 Å². The molecule has 0 spiro atoms. The van der Waals surface area contributed by atoms with Crippen LogP contribution in [0.4, 0.5) is 5.82 Å². The van der Waals surface area contributed by atoms with Crippen LogP contribution in [0.25, 0.3) is 0 Å². The number of hydrogen-bond donors (Lipinski definition) is 2. The second-order valence-electron chi connectivity index (χ2n) is 9.71. The topological polar surface area (TPSA) is 133 Å².